The number of anilines is 3. The number of rotatable bonds is 4. The van der Waals surface area contributed by atoms with Gasteiger partial charge in [0.2, 0.25) is 11.8 Å². The minimum atomic E-state index is 0.359. The summed E-state index contributed by atoms with van der Waals surface area (Å²) >= 11 is 0. The fourth-order valence-electron chi connectivity index (χ4n) is 3.61. The van der Waals surface area contributed by atoms with Crippen molar-refractivity contribution in [2.45, 2.75) is 6.92 Å². The third-order valence-electron chi connectivity index (χ3n) is 5.32. The van der Waals surface area contributed by atoms with E-state index in [-0.39, 0.29) is 0 Å². The van der Waals surface area contributed by atoms with Crippen molar-refractivity contribution in [3.8, 4) is 0 Å². The Kier molecular flexibility index (Phi) is 5.76. The van der Waals surface area contributed by atoms with E-state index < -0.39 is 0 Å². The van der Waals surface area contributed by atoms with Gasteiger partial charge in [-0.05, 0) is 43.3 Å². The van der Waals surface area contributed by atoms with E-state index in [1.807, 2.05) is 6.07 Å². The Balaban J connectivity index is 1.48. The fourth-order valence-corrected chi connectivity index (χ4v) is 3.61. The maximum absolute atomic E-state index is 5.44. The van der Waals surface area contributed by atoms with Crippen LogP contribution < -0.4 is 10.2 Å². The van der Waals surface area contributed by atoms with Crippen molar-refractivity contribution in [1.82, 2.24) is 14.9 Å². The number of hydrogen-bond donors (Lipinski definition) is 1. The van der Waals surface area contributed by atoms with Crippen molar-refractivity contribution < 1.29 is 4.74 Å². The summed E-state index contributed by atoms with van der Waals surface area (Å²) in [5.74, 6) is 1.55. The summed E-state index contributed by atoms with van der Waals surface area (Å²) in [5.41, 5.74) is 3.94. The number of aromatic nitrogens is 2. The zero-order valence-electron chi connectivity index (χ0n) is 17.3. The van der Waals surface area contributed by atoms with Crippen LogP contribution in [-0.2, 0) is 4.74 Å². The Bertz CT molecular complexity index is 900. The highest BCUT2D eigenvalue weighted by molar-refractivity contribution is 6.19. The molecule has 0 bridgehead atoms. The number of methoxy groups -OCH3 is 1. The first-order valence-electron chi connectivity index (χ1n) is 10.1. The first-order chi connectivity index (χ1) is 14.1. The quantitative estimate of drug-likeness (QED) is 0.863. The minimum Gasteiger partial charge on any atom is -0.481 e. The summed E-state index contributed by atoms with van der Waals surface area (Å²) < 4.78 is 5.44. The fraction of sp³-hybridized carbons (Fsp3) is 0.409. The summed E-state index contributed by atoms with van der Waals surface area (Å²) in [7, 11) is 3.81. The molecule has 2 aliphatic rings. The predicted octanol–water partition coefficient (Wildman–Crippen LogP) is 3.05. The second kappa shape index (κ2) is 8.61. The summed E-state index contributed by atoms with van der Waals surface area (Å²) in [6.07, 6.45) is 3.92. The van der Waals surface area contributed by atoms with Crippen molar-refractivity contribution in [2.24, 2.45) is 10.9 Å². The number of benzene rings is 1. The zero-order chi connectivity index (χ0) is 20.2. The number of nitrogens with zero attached hydrogens (tertiary/aromatic N) is 5. The average molecular weight is 393 g/mol. The Morgan fingerprint density at radius 1 is 1.07 bits per heavy atom. The van der Waals surface area contributed by atoms with Gasteiger partial charge in [-0.25, -0.2) is 9.97 Å². The molecule has 0 amide bonds. The van der Waals surface area contributed by atoms with Gasteiger partial charge in [-0.1, -0.05) is 13.0 Å². The van der Waals surface area contributed by atoms with E-state index in [1.54, 1.807) is 13.3 Å². The van der Waals surface area contributed by atoms with Crippen LogP contribution in [0.4, 0.5) is 17.3 Å². The van der Waals surface area contributed by atoms with Crippen LogP contribution >= 0.6 is 0 Å². The lowest BCUT2D eigenvalue weighted by Crippen LogP contribution is -2.44. The third kappa shape index (κ3) is 4.56. The van der Waals surface area contributed by atoms with Gasteiger partial charge in [0.25, 0.3) is 0 Å². The zero-order valence-corrected chi connectivity index (χ0v) is 17.3. The first kappa shape index (κ1) is 19.4. The van der Waals surface area contributed by atoms with Gasteiger partial charge in [-0.2, -0.15) is 0 Å². The highest BCUT2D eigenvalue weighted by Gasteiger charge is 2.19. The van der Waals surface area contributed by atoms with E-state index in [1.165, 1.54) is 5.69 Å². The largest absolute Gasteiger partial charge is 0.481 e. The van der Waals surface area contributed by atoms with E-state index >= 15 is 0 Å². The van der Waals surface area contributed by atoms with Gasteiger partial charge >= 0.3 is 0 Å². The first-order valence-corrected chi connectivity index (χ1v) is 10.1. The van der Waals surface area contributed by atoms with Gasteiger partial charge in [0, 0.05) is 50.3 Å². The molecule has 0 saturated carbocycles. The van der Waals surface area contributed by atoms with Crippen LogP contribution in [0.3, 0.4) is 0 Å². The molecule has 1 saturated heterocycles. The molecule has 7 heteroatoms. The summed E-state index contributed by atoms with van der Waals surface area (Å²) in [4.78, 5) is 18.3. The number of piperazine rings is 1. The average Bonchev–Trinajstić information content (AvgIpc) is 2.75. The molecule has 1 fully saturated rings. The molecule has 1 aromatic heterocycles. The van der Waals surface area contributed by atoms with Gasteiger partial charge in [0.15, 0.2) is 0 Å². The molecule has 0 spiro atoms. The number of hydrogen-bond acceptors (Lipinski definition) is 7. The normalized spacial score (nSPS) is 20.1. The van der Waals surface area contributed by atoms with E-state index in [9.17, 15) is 0 Å². The molecule has 1 unspecified atom stereocenters. The van der Waals surface area contributed by atoms with Gasteiger partial charge in [-0.15, -0.1) is 0 Å². The van der Waals surface area contributed by atoms with E-state index in [0.717, 1.165) is 49.7 Å². The van der Waals surface area contributed by atoms with Crippen LogP contribution in [-0.4, -0.2) is 67.6 Å². The van der Waals surface area contributed by atoms with Crippen LogP contribution in [0.2, 0.25) is 0 Å². The lowest BCUT2D eigenvalue weighted by molar-refractivity contribution is 0.313. The third-order valence-corrected chi connectivity index (χ3v) is 5.32. The summed E-state index contributed by atoms with van der Waals surface area (Å²) in [5, 5.41) is 3.31. The van der Waals surface area contributed by atoms with E-state index in [4.69, 9.17) is 4.74 Å². The number of nitrogens with one attached hydrogen (secondary N) is 1. The number of aliphatic imine (C=N–C) groups is 1. The smallest absolute Gasteiger partial charge is 0.227 e. The van der Waals surface area contributed by atoms with Gasteiger partial charge < -0.3 is 19.9 Å². The van der Waals surface area contributed by atoms with E-state index in [2.05, 4.69) is 74.4 Å². The highest BCUT2D eigenvalue weighted by atomic mass is 16.5. The van der Waals surface area contributed by atoms with Crippen LogP contribution in [0, 0.1) is 5.92 Å². The van der Waals surface area contributed by atoms with Crippen LogP contribution in [0.15, 0.2) is 47.6 Å². The Labute approximate surface area is 172 Å². The van der Waals surface area contributed by atoms with Crippen LogP contribution in [0.1, 0.15) is 12.6 Å². The lowest BCUT2D eigenvalue weighted by atomic mass is 10.0. The molecule has 1 aromatic carbocycles. The molecular formula is C22H28N6O. The molecule has 3 heterocycles. The topological polar surface area (TPSA) is 65.9 Å². The molecule has 1 atom stereocenters. The Morgan fingerprint density at radius 2 is 1.83 bits per heavy atom. The van der Waals surface area contributed by atoms with Gasteiger partial charge in [0.1, 0.15) is 0 Å². The van der Waals surface area contributed by atoms with E-state index in [0.29, 0.717) is 17.8 Å². The van der Waals surface area contributed by atoms with Crippen molar-refractivity contribution in [3.63, 3.8) is 0 Å². The molecule has 1 N–H and O–H groups in total. The number of ether oxygens (including phenoxy) is 1. The standard InChI is InChI=1S/C22H28N6O/c1-16-14-19(21(29-3)24-15-16)20-8-9-23-22(26-20)25-17-4-6-18(7-5-17)28-12-10-27(2)11-13-28/h4-9,14,16H,10-13,15H2,1-3H3,(H,23,25,26). The van der Waals surface area contributed by atoms with Crippen LogP contribution in [0.25, 0.3) is 5.57 Å². The maximum Gasteiger partial charge on any atom is 0.227 e. The molecule has 0 radical (unpaired) electrons. The van der Waals surface area contributed by atoms with Crippen molar-refractivity contribution in [2.75, 3.05) is 57.1 Å². The Hall–Kier alpha value is -2.93. The van der Waals surface area contributed by atoms with Gasteiger partial charge in [0.05, 0.1) is 18.4 Å². The molecule has 4 rings (SSSR count). The second-order valence-corrected chi connectivity index (χ2v) is 7.64. The molecular weight excluding hydrogens is 364 g/mol. The molecule has 152 valence electrons. The maximum atomic E-state index is 5.44. The number of dihydropyridines is 1. The molecule has 0 aliphatic carbocycles. The van der Waals surface area contributed by atoms with Gasteiger partial charge in [-0.3, -0.25) is 4.99 Å². The number of likely N-dealkylation sites (N-methyl/N-ethyl adjacent to an activating group) is 1. The molecule has 7 nitrogen and oxygen atoms in total. The van der Waals surface area contributed by atoms with Crippen molar-refractivity contribution in [3.05, 3.63) is 48.3 Å². The highest BCUT2D eigenvalue weighted by Crippen LogP contribution is 2.24. The monoisotopic (exact) mass is 392 g/mol. The SMILES string of the molecule is COC1=NCC(C)C=C1c1ccnc(Nc2ccc(N3CCN(C)CC3)cc2)n1. The molecule has 29 heavy (non-hydrogen) atoms. The van der Waals surface area contributed by atoms with Crippen molar-refractivity contribution >= 4 is 28.8 Å². The minimum absolute atomic E-state index is 0.359. The predicted molar refractivity (Wildman–Crippen MR) is 118 cm³/mol. The lowest BCUT2D eigenvalue weighted by Gasteiger charge is -2.34. The van der Waals surface area contributed by atoms with Crippen LogP contribution in [0.5, 0.6) is 0 Å². The Morgan fingerprint density at radius 3 is 2.55 bits per heavy atom. The summed E-state index contributed by atoms with van der Waals surface area (Å²) in [6.45, 7) is 7.20. The second-order valence-electron chi connectivity index (χ2n) is 7.64. The van der Waals surface area contributed by atoms with Crippen molar-refractivity contribution in [1.29, 1.82) is 0 Å². The molecule has 2 aromatic rings. The summed E-state index contributed by atoms with van der Waals surface area (Å²) in [6, 6.07) is 10.3. The molecule has 2 aliphatic heterocycles.